The van der Waals surface area contributed by atoms with E-state index < -0.39 is 5.24 Å². The maximum Gasteiger partial charge on any atom is 0.256 e. The van der Waals surface area contributed by atoms with Gasteiger partial charge in [0.05, 0.1) is 5.56 Å². The van der Waals surface area contributed by atoms with Crippen molar-refractivity contribution >= 4 is 16.8 Å². The molecule has 0 fully saturated rings. The van der Waals surface area contributed by atoms with Crippen molar-refractivity contribution in [2.24, 2.45) is 0 Å². The fourth-order valence-electron chi connectivity index (χ4n) is 0.961. The molecule has 64 valence electrons. The molecule has 2 nitrogen and oxygen atoms in total. The summed E-state index contributed by atoms with van der Waals surface area (Å²) in [5.41, 5.74) is 1.16. The highest BCUT2D eigenvalue weighted by atomic mass is 35.5. The van der Waals surface area contributed by atoms with E-state index in [0.29, 0.717) is 0 Å². The molecular weight excluding hydrogens is 176 g/mol. The molecule has 0 bridgehead atoms. The third-order valence-electron chi connectivity index (χ3n) is 1.68. The van der Waals surface area contributed by atoms with Crippen molar-refractivity contribution < 1.29 is 9.90 Å². The lowest BCUT2D eigenvalue weighted by molar-refractivity contribution is 0.107. The Labute approximate surface area is 75.8 Å². The number of phenols is 1. The lowest BCUT2D eigenvalue weighted by Gasteiger charge is -2.01. The third-order valence-corrected chi connectivity index (χ3v) is 1.88. The van der Waals surface area contributed by atoms with Crippen LogP contribution in [-0.2, 0) is 6.42 Å². The molecule has 0 atom stereocenters. The first-order chi connectivity index (χ1) is 5.65. The van der Waals surface area contributed by atoms with Gasteiger partial charge < -0.3 is 5.11 Å². The van der Waals surface area contributed by atoms with Crippen molar-refractivity contribution in [1.29, 1.82) is 0 Å². The predicted molar refractivity (Wildman–Crippen MR) is 47.7 cm³/mol. The molecule has 0 amide bonds. The second-order valence-corrected chi connectivity index (χ2v) is 2.82. The molecule has 3 heteroatoms. The summed E-state index contributed by atoms with van der Waals surface area (Å²) in [7, 11) is 0. The first-order valence-electron chi connectivity index (χ1n) is 3.67. The van der Waals surface area contributed by atoms with Gasteiger partial charge >= 0.3 is 0 Å². The summed E-state index contributed by atoms with van der Waals surface area (Å²) < 4.78 is 0. The van der Waals surface area contributed by atoms with E-state index in [0.717, 1.165) is 12.0 Å². The van der Waals surface area contributed by atoms with Gasteiger partial charge in [-0.3, -0.25) is 4.79 Å². The zero-order valence-corrected chi connectivity index (χ0v) is 7.43. The average molecular weight is 185 g/mol. The highest BCUT2D eigenvalue weighted by Gasteiger charge is 2.07. The van der Waals surface area contributed by atoms with Crippen molar-refractivity contribution in [3.05, 3.63) is 29.3 Å². The number of benzene rings is 1. The predicted octanol–water partition coefficient (Wildman–Crippen LogP) is 2.33. The number of phenolic OH excluding ortho intramolecular Hbond substituents is 1. The molecule has 0 aliphatic heterocycles. The molecule has 0 aliphatic carbocycles. The lowest BCUT2D eigenvalue weighted by atomic mass is 10.1. The number of aromatic hydroxyl groups is 1. The Bertz CT molecular complexity index is 307. The molecule has 0 saturated heterocycles. The van der Waals surface area contributed by atoms with Crippen LogP contribution in [0.25, 0.3) is 0 Å². The van der Waals surface area contributed by atoms with Crippen molar-refractivity contribution in [3.8, 4) is 5.75 Å². The van der Waals surface area contributed by atoms with Crippen LogP contribution in [0.4, 0.5) is 0 Å². The van der Waals surface area contributed by atoms with Crippen LogP contribution >= 0.6 is 11.6 Å². The summed E-state index contributed by atoms with van der Waals surface area (Å²) in [6.07, 6.45) is 0.817. The minimum absolute atomic E-state index is 0.0628. The monoisotopic (exact) mass is 184 g/mol. The fraction of sp³-hybridized carbons (Fsp3) is 0.222. The first kappa shape index (κ1) is 9.07. The number of rotatable bonds is 2. The molecule has 1 rings (SSSR count). The topological polar surface area (TPSA) is 37.3 Å². The normalized spacial score (nSPS) is 9.83. The zero-order chi connectivity index (χ0) is 9.14. The maximum atomic E-state index is 10.7. The molecule has 0 heterocycles. The Hall–Kier alpha value is -1.02. The lowest BCUT2D eigenvalue weighted by Crippen LogP contribution is -1.91. The Balaban J connectivity index is 3.17. The van der Waals surface area contributed by atoms with E-state index in [9.17, 15) is 9.90 Å². The van der Waals surface area contributed by atoms with Gasteiger partial charge in [-0.05, 0) is 35.7 Å². The van der Waals surface area contributed by atoms with Crippen LogP contribution in [0.1, 0.15) is 22.8 Å². The van der Waals surface area contributed by atoms with Crippen molar-refractivity contribution in [2.45, 2.75) is 13.3 Å². The molecule has 0 radical (unpaired) electrons. The van der Waals surface area contributed by atoms with E-state index in [1.54, 1.807) is 12.1 Å². The number of aryl methyl sites for hydroxylation is 1. The van der Waals surface area contributed by atoms with Gasteiger partial charge in [0, 0.05) is 0 Å². The molecule has 0 saturated carbocycles. The quantitative estimate of drug-likeness (QED) is 0.717. The summed E-state index contributed by atoms with van der Waals surface area (Å²) in [5.74, 6) is -0.0628. The molecule has 12 heavy (non-hydrogen) atoms. The Morgan fingerprint density at radius 2 is 2.25 bits per heavy atom. The van der Waals surface area contributed by atoms with Crippen LogP contribution in [0.5, 0.6) is 5.75 Å². The van der Waals surface area contributed by atoms with E-state index in [2.05, 4.69) is 0 Å². The van der Waals surface area contributed by atoms with Crippen LogP contribution in [0.15, 0.2) is 18.2 Å². The summed E-state index contributed by atoms with van der Waals surface area (Å²) in [5, 5.41) is 8.57. The maximum absolute atomic E-state index is 10.7. The smallest absolute Gasteiger partial charge is 0.256 e. The number of halogens is 1. The molecular formula is C9H9ClO2. The molecule has 0 aliphatic rings. The second-order valence-electron chi connectivity index (χ2n) is 2.48. The highest BCUT2D eigenvalue weighted by molar-refractivity contribution is 6.68. The summed E-state index contributed by atoms with van der Waals surface area (Å²) in [4.78, 5) is 10.7. The summed E-state index contributed by atoms with van der Waals surface area (Å²) >= 11 is 5.24. The largest absolute Gasteiger partial charge is 0.507 e. The van der Waals surface area contributed by atoms with Gasteiger partial charge in [-0.1, -0.05) is 13.0 Å². The number of carbonyl (C=O) groups is 1. The average Bonchev–Trinajstić information content (AvgIpc) is 2.05. The molecule has 0 aromatic heterocycles. The Morgan fingerprint density at radius 3 is 2.75 bits per heavy atom. The van der Waals surface area contributed by atoms with Gasteiger partial charge in [0.2, 0.25) is 0 Å². The van der Waals surface area contributed by atoms with Crippen LogP contribution in [-0.4, -0.2) is 10.3 Å². The molecule has 1 aromatic rings. The van der Waals surface area contributed by atoms with Gasteiger partial charge in [0.25, 0.3) is 5.24 Å². The van der Waals surface area contributed by atoms with Crippen molar-refractivity contribution in [3.63, 3.8) is 0 Å². The van der Waals surface area contributed by atoms with Crippen molar-refractivity contribution in [1.82, 2.24) is 0 Å². The van der Waals surface area contributed by atoms with Gasteiger partial charge in [-0.25, -0.2) is 0 Å². The van der Waals surface area contributed by atoms with E-state index in [1.807, 2.05) is 6.92 Å². The van der Waals surface area contributed by atoms with E-state index in [4.69, 9.17) is 11.6 Å². The summed E-state index contributed by atoms with van der Waals surface area (Å²) in [6, 6.07) is 4.85. The van der Waals surface area contributed by atoms with E-state index >= 15 is 0 Å². The first-order valence-corrected chi connectivity index (χ1v) is 4.04. The molecule has 0 unspecified atom stereocenters. The van der Waals surface area contributed by atoms with Gasteiger partial charge in [-0.15, -0.1) is 0 Å². The third kappa shape index (κ3) is 1.77. The van der Waals surface area contributed by atoms with Crippen LogP contribution in [0.3, 0.4) is 0 Å². The van der Waals surface area contributed by atoms with E-state index in [-0.39, 0.29) is 11.3 Å². The highest BCUT2D eigenvalue weighted by Crippen LogP contribution is 2.20. The van der Waals surface area contributed by atoms with Gasteiger partial charge in [0.1, 0.15) is 5.75 Å². The summed E-state index contributed by atoms with van der Waals surface area (Å²) in [6.45, 7) is 1.97. The SMILES string of the molecule is CCc1ccc(O)c(C(=O)Cl)c1. The minimum Gasteiger partial charge on any atom is -0.507 e. The second kappa shape index (κ2) is 3.59. The fourth-order valence-corrected chi connectivity index (χ4v) is 1.11. The standard InChI is InChI=1S/C9H9ClO2/c1-2-6-3-4-8(11)7(5-6)9(10)12/h3-5,11H,2H2,1H3. The number of hydrogen-bond acceptors (Lipinski definition) is 2. The molecule has 1 aromatic carbocycles. The van der Waals surface area contributed by atoms with E-state index in [1.165, 1.54) is 6.07 Å². The van der Waals surface area contributed by atoms with Gasteiger partial charge in [0.15, 0.2) is 0 Å². The number of carbonyl (C=O) groups excluding carboxylic acids is 1. The Morgan fingerprint density at radius 1 is 1.58 bits per heavy atom. The molecule has 0 spiro atoms. The number of hydrogen-bond donors (Lipinski definition) is 1. The van der Waals surface area contributed by atoms with Crippen LogP contribution in [0, 0.1) is 0 Å². The van der Waals surface area contributed by atoms with Crippen LogP contribution in [0.2, 0.25) is 0 Å². The minimum atomic E-state index is -0.622. The molecule has 1 N–H and O–H groups in total. The Kier molecular flexibility index (Phi) is 2.71. The van der Waals surface area contributed by atoms with Crippen molar-refractivity contribution in [2.75, 3.05) is 0 Å². The van der Waals surface area contributed by atoms with Gasteiger partial charge in [-0.2, -0.15) is 0 Å². The zero-order valence-electron chi connectivity index (χ0n) is 6.67. The van der Waals surface area contributed by atoms with Crippen LogP contribution < -0.4 is 0 Å².